The average molecular weight is 422 g/mol. The maximum Gasteiger partial charge on any atom is 0.243 e. The van der Waals surface area contributed by atoms with Crippen LogP contribution in [0.1, 0.15) is 10.4 Å². The highest BCUT2D eigenvalue weighted by molar-refractivity contribution is 7.89. The van der Waals surface area contributed by atoms with E-state index in [1.165, 1.54) is 14.7 Å². The van der Waals surface area contributed by atoms with Gasteiger partial charge in [0, 0.05) is 36.7 Å². The smallest absolute Gasteiger partial charge is 0.243 e. The van der Waals surface area contributed by atoms with Crippen molar-refractivity contribution in [1.82, 2.24) is 9.21 Å². The first-order valence-corrected chi connectivity index (χ1v) is 11.6. The fraction of sp³-hybridized carbons (Fsp3) is 0.421. The Morgan fingerprint density at radius 3 is 2.61 bits per heavy atom. The third kappa shape index (κ3) is 4.28. The zero-order chi connectivity index (χ0) is 19.6. The lowest BCUT2D eigenvalue weighted by atomic mass is 10.1. The van der Waals surface area contributed by atoms with E-state index in [4.69, 9.17) is 4.74 Å². The van der Waals surface area contributed by atoms with E-state index in [9.17, 15) is 13.2 Å². The normalized spacial score (nSPS) is 18.6. The number of carbonyl (C=O) groups excluding carboxylic acids is 1. The van der Waals surface area contributed by atoms with Gasteiger partial charge >= 0.3 is 0 Å². The van der Waals surface area contributed by atoms with Gasteiger partial charge in [0.1, 0.15) is 0 Å². The highest BCUT2D eigenvalue weighted by Crippen LogP contribution is 2.24. The van der Waals surface area contributed by atoms with Crippen LogP contribution < -0.4 is 5.32 Å². The Kier molecular flexibility index (Phi) is 5.79. The van der Waals surface area contributed by atoms with Crippen LogP contribution in [0.2, 0.25) is 0 Å². The second-order valence-corrected chi connectivity index (χ2v) is 9.86. The van der Waals surface area contributed by atoms with Crippen LogP contribution in [0.15, 0.2) is 40.6 Å². The first kappa shape index (κ1) is 19.5. The summed E-state index contributed by atoms with van der Waals surface area (Å²) in [5, 5.41) is 4.96. The van der Waals surface area contributed by atoms with E-state index < -0.39 is 10.0 Å². The molecule has 0 spiro atoms. The van der Waals surface area contributed by atoms with Crippen LogP contribution in [-0.4, -0.2) is 62.9 Å². The third-order valence-electron chi connectivity index (χ3n) is 5.00. The molecule has 0 aliphatic carbocycles. The molecular weight excluding hydrogens is 398 g/mol. The quantitative estimate of drug-likeness (QED) is 0.796. The van der Waals surface area contributed by atoms with Gasteiger partial charge in [-0.25, -0.2) is 8.42 Å². The van der Waals surface area contributed by atoms with Crippen molar-refractivity contribution < 1.29 is 17.9 Å². The number of rotatable bonds is 5. The lowest BCUT2D eigenvalue weighted by Crippen LogP contribution is -2.40. The van der Waals surface area contributed by atoms with Crippen molar-refractivity contribution in [3.63, 3.8) is 0 Å². The summed E-state index contributed by atoms with van der Waals surface area (Å²) in [6.45, 7) is 3.54. The predicted octanol–water partition coefficient (Wildman–Crippen LogP) is 1.77. The number of sulfonamides is 1. The molecule has 2 aliphatic rings. The number of nitrogens with zero attached hydrogens (tertiary/aromatic N) is 2. The van der Waals surface area contributed by atoms with Gasteiger partial charge in [-0.15, -0.1) is 11.3 Å². The molecule has 1 N–H and O–H groups in total. The molecule has 0 saturated carbocycles. The molecule has 0 atom stereocenters. The maximum atomic E-state index is 12.6. The molecule has 0 unspecified atom stereocenters. The first-order valence-electron chi connectivity index (χ1n) is 9.28. The minimum atomic E-state index is -3.52. The maximum absolute atomic E-state index is 12.6. The minimum absolute atomic E-state index is 0.0949. The second kappa shape index (κ2) is 8.30. The molecule has 0 radical (unpaired) electrons. The minimum Gasteiger partial charge on any atom is -0.379 e. The van der Waals surface area contributed by atoms with Gasteiger partial charge in [0.05, 0.1) is 24.7 Å². The summed E-state index contributed by atoms with van der Waals surface area (Å²) < 4.78 is 31.9. The Morgan fingerprint density at radius 2 is 1.86 bits per heavy atom. The van der Waals surface area contributed by atoms with Gasteiger partial charge in [-0.05, 0) is 47.7 Å². The molecule has 1 saturated heterocycles. The first-order chi connectivity index (χ1) is 13.5. The van der Waals surface area contributed by atoms with Crippen LogP contribution in [0.5, 0.6) is 0 Å². The standard InChI is InChI=1S/C19H23N3O4S2/c23-19(14-21-7-5-18-15(13-21)6-12-27-18)20-16-1-3-17(4-2-16)28(24,25)22-8-10-26-11-9-22/h1-4,6,12H,5,7-11,13-14H2,(H,20,23). The van der Waals surface area contributed by atoms with Crippen LogP contribution in [0.25, 0.3) is 0 Å². The van der Waals surface area contributed by atoms with E-state index in [2.05, 4.69) is 21.7 Å². The summed E-state index contributed by atoms with van der Waals surface area (Å²) >= 11 is 1.78. The van der Waals surface area contributed by atoms with Gasteiger partial charge < -0.3 is 10.1 Å². The number of hydrogen-bond donors (Lipinski definition) is 1. The molecule has 4 rings (SSSR count). The highest BCUT2D eigenvalue weighted by atomic mass is 32.2. The number of thiophene rings is 1. The second-order valence-electron chi connectivity index (χ2n) is 6.92. The molecule has 1 fully saturated rings. The topological polar surface area (TPSA) is 79.0 Å². The van der Waals surface area contributed by atoms with Gasteiger partial charge in [-0.2, -0.15) is 4.31 Å². The molecule has 9 heteroatoms. The van der Waals surface area contributed by atoms with Gasteiger partial charge in [-0.3, -0.25) is 9.69 Å². The highest BCUT2D eigenvalue weighted by Gasteiger charge is 2.26. The van der Waals surface area contributed by atoms with E-state index in [-0.39, 0.29) is 10.8 Å². The number of anilines is 1. The molecule has 1 aromatic carbocycles. The van der Waals surface area contributed by atoms with Crippen molar-refractivity contribution in [1.29, 1.82) is 0 Å². The van der Waals surface area contributed by atoms with Crippen LogP contribution in [0.4, 0.5) is 5.69 Å². The molecule has 7 nitrogen and oxygen atoms in total. The summed E-state index contributed by atoms with van der Waals surface area (Å²) in [7, 11) is -3.52. The molecule has 2 aromatic rings. The van der Waals surface area contributed by atoms with E-state index >= 15 is 0 Å². The summed E-state index contributed by atoms with van der Waals surface area (Å²) in [5.41, 5.74) is 1.90. The number of morpholine rings is 1. The Morgan fingerprint density at radius 1 is 1.11 bits per heavy atom. The number of fused-ring (bicyclic) bond motifs is 1. The van der Waals surface area contributed by atoms with Gasteiger partial charge in [-0.1, -0.05) is 0 Å². The van der Waals surface area contributed by atoms with E-state index in [1.54, 1.807) is 35.6 Å². The van der Waals surface area contributed by atoms with Crippen molar-refractivity contribution in [3.8, 4) is 0 Å². The number of hydrogen-bond acceptors (Lipinski definition) is 6. The fourth-order valence-corrected chi connectivity index (χ4v) is 5.79. The fourth-order valence-electron chi connectivity index (χ4n) is 3.49. The SMILES string of the molecule is O=C(CN1CCc2sccc2C1)Nc1ccc(S(=O)(=O)N2CCOCC2)cc1. The molecule has 0 bridgehead atoms. The van der Waals surface area contributed by atoms with Crippen LogP contribution in [-0.2, 0) is 32.5 Å². The number of carbonyl (C=O) groups is 1. The Bertz CT molecular complexity index is 934. The zero-order valence-corrected chi connectivity index (χ0v) is 17.1. The van der Waals surface area contributed by atoms with E-state index in [1.807, 2.05) is 0 Å². The summed E-state index contributed by atoms with van der Waals surface area (Å²) in [4.78, 5) is 16.1. The van der Waals surface area contributed by atoms with Crippen molar-refractivity contribution >= 4 is 33.0 Å². The molecule has 28 heavy (non-hydrogen) atoms. The Hall–Kier alpha value is -1.78. The molecule has 1 amide bonds. The number of ether oxygens (including phenoxy) is 1. The average Bonchev–Trinajstić information content (AvgIpc) is 3.17. The summed E-state index contributed by atoms with van der Waals surface area (Å²) in [6, 6.07) is 8.48. The monoisotopic (exact) mass is 421 g/mol. The lowest BCUT2D eigenvalue weighted by Gasteiger charge is -2.26. The number of amides is 1. The Labute approximate surface area is 169 Å². The summed E-state index contributed by atoms with van der Waals surface area (Å²) in [5.74, 6) is -0.0949. The molecule has 1 aromatic heterocycles. The van der Waals surface area contributed by atoms with Crippen LogP contribution in [0.3, 0.4) is 0 Å². The van der Waals surface area contributed by atoms with E-state index in [0.29, 0.717) is 38.5 Å². The van der Waals surface area contributed by atoms with Crippen molar-refractivity contribution in [2.24, 2.45) is 0 Å². The largest absolute Gasteiger partial charge is 0.379 e. The number of benzene rings is 1. The zero-order valence-electron chi connectivity index (χ0n) is 15.5. The molecular formula is C19H23N3O4S2. The Balaban J connectivity index is 1.34. The van der Waals surface area contributed by atoms with Crippen LogP contribution >= 0.6 is 11.3 Å². The van der Waals surface area contributed by atoms with Crippen molar-refractivity contribution in [2.75, 3.05) is 44.7 Å². The van der Waals surface area contributed by atoms with Crippen LogP contribution in [0, 0.1) is 0 Å². The van der Waals surface area contributed by atoms with Gasteiger partial charge in [0.25, 0.3) is 0 Å². The van der Waals surface area contributed by atoms with Gasteiger partial charge in [0.15, 0.2) is 0 Å². The van der Waals surface area contributed by atoms with Gasteiger partial charge in [0.2, 0.25) is 15.9 Å². The van der Waals surface area contributed by atoms with E-state index in [0.717, 1.165) is 19.5 Å². The predicted molar refractivity (Wildman–Crippen MR) is 108 cm³/mol. The van der Waals surface area contributed by atoms with Crippen molar-refractivity contribution in [2.45, 2.75) is 17.9 Å². The summed E-state index contributed by atoms with van der Waals surface area (Å²) in [6.07, 6.45) is 0.981. The molecule has 2 aliphatic heterocycles. The molecule has 3 heterocycles. The van der Waals surface area contributed by atoms with Crippen molar-refractivity contribution in [3.05, 3.63) is 46.2 Å². The third-order valence-corrected chi connectivity index (χ3v) is 7.94. The number of nitrogens with one attached hydrogen (secondary N) is 1. The lowest BCUT2D eigenvalue weighted by molar-refractivity contribution is -0.117. The molecule has 150 valence electrons.